The van der Waals surface area contributed by atoms with Gasteiger partial charge < -0.3 is 0 Å². The quantitative estimate of drug-likeness (QED) is 0.407. The van der Waals surface area contributed by atoms with Crippen LogP contribution in [0.4, 0.5) is 11.4 Å². The Morgan fingerprint density at radius 1 is 1.05 bits per heavy atom. The predicted octanol–water partition coefficient (Wildman–Crippen LogP) is 2.54. The molecule has 1 amide bonds. The number of rotatable bonds is 3. The first-order valence-electron chi connectivity index (χ1n) is 5.48. The summed E-state index contributed by atoms with van der Waals surface area (Å²) in [6.07, 6.45) is 0. The summed E-state index contributed by atoms with van der Waals surface area (Å²) in [7, 11) is 0. The third-order valence-corrected chi connectivity index (χ3v) is 2.58. The molecule has 0 aliphatic carbocycles. The lowest BCUT2D eigenvalue weighted by Gasteiger charge is -2.16. The smallest absolute Gasteiger partial charge is 0.267 e. The molecule has 2 aromatic rings. The van der Waals surface area contributed by atoms with Crippen molar-refractivity contribution in [3.05, 3.63) is 70.3 Å². The molecule has 0 saturated heterocycles. The Labute approximate surface area is 121 Å². The second-order valence-electron chi connectivity index (χ2n) is 3.81. The molecule has 0 unspecified atom stereocenters. The highest BCUT2D eigenvalue weighted by atomic mass is 35.5. The normalized spacial score (nSPS) is 9.45. The zero-order valence-electron chi connectivity index (χ0n) is 10.3. The number of carbonyl (C=O) groups excluding carboxylic acids is 1. The second-order valence-corrected chi connectivity index (χ2v) is 3.81. The molecule has 0 saturated carbocycles. The van der Waals surface area contributed by atoms with E-state index in [4.69, 9.17) is 5.84 Å². The van der Waals surface area contributed by atoms with Crippen LogP contribution in [0.15, 0.2) is 54.6 Å². The summed E-state index contributed by atoms with van der Waals surface area (Å²) in [5.74, 6) is 5.29. The van der Waals surface area contributed by atoms with Gasteiger partial charge in [-0.15, -0.1) is 12.4 Å². The number of nitrogens with zero attached hydrogens (tertiary/aromatic N) is 2. The van der Waals surface area contributed by atoms with Crippen molar-refractivity contribution < 1.29 is 9.72 Å². The van der Waals surface area contributed by atoms with Crippen LogP contribution in [0.5, 0.6) is 0 Å². The fourth-order valence-corrected chi connectivity index (χ4v) is 1.57. The van der Waals surface area contributed by atoms with Crippen LogP contribution in [0, 0.1) is 10.1 Å². The molecule has 2 aromatic carbocycles. The molecule has 0 fully saturated rings. The van der Waals surface area contributed by atoms with Gasteiger partial charge in [-0.05, 0) is 24.3 Å². The Morgan fingerprint density at radius 3 is 2.10 bits per heavy atom. The summed E-state index contributed by atoms with van der Waals surface area (Å²) in [5, 5.41) is 11.5. The first-order chi connectivity index (χ1) is 9.09. The molecular weight excluding hydrogens is 282 g/mol. The van der Waals surface area contributed by atoms with Crippen LogP contribution in [0.2, 0.25) is 0 Å². The van der Waals surface area contributed by atoms with Crippen molar-refractivity contribution in [2.75, 3.05) is 5.01 Å². The number of halogens is 1. The lowest BCUT2D eigenvalue weighted by Crippen LogP contribution is -2.37. The number of benzene rings is 2. The van der Waals surface area contributed by atoms with E-state index in [9.17, 15) is 14.9 Å². The van der Waals surface area contributed by atoms with Crippen molar-refractivity contribution in [1.29, 1.82) is 0 Å². The molecule has 104 valence electrons. The van der Waals surface area contributed by atoms with Crippen LogP contribution >= 0.6 is 12.4 Å². The van der Waals surface area contributed by atoms with E-state index in [-0.39, 0.29) is 23.7 Å². The van der Waals surface area contributed by atoms with Gasteiger partial charge in [-0.25, -0.2) is 10.9 Å². The minimum Gasteiger partial charge on any atom is -0.267 e. The van der Waals surface area contributed by atoms with Gasteiger partial charge in [-0.3, -0.25) is 14.9 Å². The third kappa shape index (κ3) is 3.31. The molecule has 0 aliphatic rings. The van der Waals surface area contributed by atoms with E-state index < -0.39 is 10.8 Å². The zero-order valence-corrected chi connectivity index (χ0v) is 11.1. The van der Waals surface area contributed by atoms with Crippen LogP contribution in [-0.4, -0.2) is 10.8 Å². The van der Waals surface area contributed by atoms with Crippen molar-refractivity contribution in [2.24, 2.45) is 5.84 Å². The number of non-ortho nitro benzene ring substituents is 1. The molecule has 20 heavy (non-hydrogen) atoms. The third-order valence-electron chi connectivity index (χ3n) is 2.58. The second kappa shape index (κ2) is 6.65. The number of hydrogen-bond donors (Lipinski definition) is 1. The van der Waals surface area contributed by atoms with E-state index in [1.54, 1.807) is 24.3 Å². The molecule has 7 heteroatoms. The summed E-state index contributed by atoms with van der Waals surface area (Å²) in [5.41, 5.74) is 0.766. The summed E-state index contributed by atoms with van der Waals surface area (Å²) in [6, 6.07) is 14.0. The average molecular weight is 294 g/mol. The molecule has 0 aliphatic heterocycles. The first-order valence-corrected chi connectivity index (χ1v) is 5.48. The van der Waals surface area contributed by atoms with E-state index in [0.717, 1.165) is 5.01 Å². The van der Waals surface area contributed by atoms with Crippen molar-refractivity contribution in [3.63, 3.8) is 0 Å². The van der Waals surface area contributed by atoms with Gasteiger partial charge in [-0.1, -0.05) is 18.2 Å². The van der Waals surface area contributed by atoms with Crippen LogP contribution in [0.3, 0.4) is 0 Å². The number of nitro benzene ring substituents is 1. The maximum absolute atomic E-state index is 12.1. The molecule has 6 nitrogen and oxygen atoms in total. The number of anilines is 1. The Hall–Kier alpha value is -2.44. The Bertz CT molecular complexity index is 602. The highest BCUT2D eigenvalue weighted by molar-refractivity contribution is 6.05. The van der Waals surface area contributed by atoms with Gasteiger partial charge >= 0.3 is 0 Å². The van der Waals surface area contributed by atoms with Crippen LogP contribution < -0.4 is 10.9 Å². The zero-order chi connectivity index (χ0) is 13.8. The fourth-order valence-electron chi connectivity index (χ4n) is 1.57. The number of carbonyl (C=O) groups is 1. The molecule has 0 atom stereocenters. The summed E-state index contributed by atoms with van der Waals surface area (Å²) in [6.45, 7) is 0. The van der Waals surface area contributed by atoms with Gasteiger partial charge in [0.05, 0.1) is 10.6 Å². The molecule has 0 heterocycles. The van der Waals surface area contributed by atoms with Gasteiger partial charge in [0.1, 0.15) is 0 Å². The summed E-state index contributed by atoms with van der Waals surface area (Å²) < 4.78 is 0. The minimum atomic E-state index is -0.522. The largest absolute Gasteiger partial charge is 0.272 e. The Kier molecular flexibility index (Phi) is 5.19. The van der Waals surface area contributed by atoms with Gasteiger partial charge in [0.25, 0.3) is 11.6 Å². The maximum atomic E-state index is 12.1. The van der Waals surface area contributed by atoms with E-state index in [1.807, 2.05) is 6.07 Å². The number of amides is 1. The lowest BCUT2D eigenvalue weighted by atomic mass is 10.2. The number of para-hydroxylation sites is 1. The van der Waals surface area contributed by atoms with Crippen LogP contribution in [0.25, 0.3) is 0 Å². The molecular formula is C13H12ClN3O3. The van der Waals surface area contributed by atoms with Crippen molar-refractivity contribution >= 4 is 29.7 Å². The monoisotopic (exact) mass is 293 g/mol. The van der Waals surface area contributed by atoms with Gasteiger partial charge in [0.2, 0.25) is 0 Å². The molecule has 0 spiro atoms. The number of nitro groups is 1. The summed E-state index contributed by atoms with van der Waals surface area (Å²) in [4.78, 5) is 22.1. The van der Waals surface area contributed by atoms with E-state index in [1.165, 1.54) is 24.3 Å². The van der Waals surface area contributed by atoms with Crippen LogP contribution in [-0.2, 0) is 0 Å². The molecule has 0 radical (unpaired) electrons. The standard InChI is InChI=1S/C13H11N3O3.ClH/c14-15(11-4-2-1-3-5-11)13(17)10-6-8-12(9-7-10)16(18)19;/h1-9H,14H2;1H. The van der Waals surface area contributed by atoms with Crippen molar-refractivity contribution in [2.45, 2.75) is 0 Å². The Balaban J connectivity index is 0.00000200. The van der Waals surface area contributed by atoms with Crippen molar-refractivity contribution in [3.8, 4) is 0 Å². The summed E-state index contributed by atoms with van der Waals surface area (Å²) >= 11 is 0. The average Bonchev–Trinajstić information content (AvgIpc) is 2.46. The van der Waals surface area contributed by atoms with Gasteiger partial charge in [0, 0.05) is 17.7 Å². The number of nitrogens with two attached hydrogens (primary N) is 1. The SMILES string of the molecule is Cl.NN(C(=O)c1ccc([N+](=O)[O-])cc1)c1ccccc1. The van der Waals surface area contributed by atoms with E-state index in [2.05, 4.69) is 0 Å². The molecule has 0 bridgehead atoms. The highest BCUT2D eigenvalue weighted by Crippen LogP contribution is 2.16. The fraction of sp³-hybridized carbons (Fsp3) is 0. The molecule has 2 N–H and O–H groups in total. The highest BCUT2D eigenvalue weighted by Gasteiger charge is 2.15. The van der Waals surface area contributed by atoms with Crippen molar-refractivity contribution in [1.82, 2.24) is 0 Å². The maximum Gasteiger partial charge on any atom is 0.272 e. The lowest BCUT2D eigenvalue weighted by molar-refractivity contribution is -0.384. The van der Waals surface area contributed by atoms with E-state index >= 15 is 0 Å². The van der Waals surface area contributed by atoms with E-state index in [0.29, 0.717) is 5.69 Å². The predicted molar refractivity (Wildman–Crippen MR) is 77.8 cm³/mol. The Morgan fingerprint density at radius 2 is 1.60 bits per heavy atom. The number of hydrogen-bond acceptors (Lipinski definition) is 4. The molecule has 2 rings (SSSR count). The van der Waals surface area contributed by atoms with Crippen LogP contribution in [0.1, 0.15) is 10.4 Å². The topological polar surface area (TPSA) is 89.5 Å². The number of hydrazine groups is 1. The molecule has 0 aromatic heterocycles. The van der Waals surface area contributed by atoms with Gasteiger partial charge in [-0.2, -0.15) is 0 Å². The van der Waals surface area contributed by atoms with Gasteiger partial charge in [0.15, 0.2) is 0 Å². The first kappa shape index (κ1) is 15.6. The minimum absolute atomic E-state index is 0.